The molecule has 0 bridgehead atoms. The minimum absolute atomic E-state index is 0.0585. The van der Waals surface area contributed by atoms with Crippen LogP contribution in [0.2, 0.25) is 0 Å². The van der Waals surface area contributed by atoms with Crippen LogP contribution in [0.15, 0.2) is 72.9 Å². The molecular weight excluding hydrogens is 365 g/mol. The maximum atomic E-state index is 13.2. The molecule has 0 saturated heterocycles. The maximum Gasteiger partial charge on any atom is 0.318 e. The molecule has 0 aliphatic rings. The first-order chi connectivity index (χ1) is 14.2. The van der Waals surface area contributed by atoms with E-state index >= 15 is 0 Å². The number of nitrogens with zero attached hydrogens (tertiary/aromatic N) is 2. The minimum atomic E-state index is -0.237. The van der Waals surface area contributed by atoms with Gasteiger partial charge < -0.3 is 14.8 Å². The third kappa shape index (κ3) is 6.21. The van der Waals surface area contributed by atoms with Crippen molar-refractivity contribution in [2.45, 2.75) is 39.4 Å². The average Bonchev–Trinajstić information content (AvgIpc) is 3.16. The SMILES string of the molecule is CCCCNC(=O)N(Cc1ccccc1)Cc1cccn1Cc1ccc(F)cc1. The van der Waals surface area contributed by atoms with Crippen molar-refractivity contribution in [3.8, 4) is 0 Å². The summed E-state index contributed by atoms with van der Waals surface area (Å²) in [5.74, 6) is -0.237. The quantitative estimate of drug-likeness (QED) is 0.499. The summed E-state index contributed by atoms with van der Waals surface area (Å²) < 4.78 is 15.3. The molecule has 3 aromatic rings. The van der Waals surface area contributed by atoms with Gasteiger partial charge in [-0.05, 0) is 41.8 Å². The third-order valence-electron chi connectivity index (χ3n) is 4.85. The average molecular weight is 394 g/mol. The van der Waals surface area contributed by atoms with Crippen molar-refractivity contribution in [2.75, 3.05) is 6.54 Å². The van der Waals surface area contributed by atoms with Gasteiger partial charge in [-0.25, -0.2) is 9.18 Å². The lowest BCUT2D eigenvalue weighted by Gasteiger charge is -2.24. The Kier molecular flexibility index (Phi) is 7.45. The molecule has 152 valence electrons. The van der Waals surface area contributed by atoms with Gasteiger partial charge >= 0.3 is 6.03 Å². The van der Waals surface area contributed by atoms with E-state index in [4.69, 9.17) is 0 Å². The topological polar surface area (TPSA) is 37.3 Å². The summed E-state index contributed by atoms with van der Waals surface area (Å²) in [5, 5.41) is 3.03. The fourth-order valence-electron chi connectivity index (χ4n) is 3.22. The summed E-state index contributed by atoms with van der Waals surface area (Å²) in [6.07, 6.45) is 4.00. The molecule has 0 aliphatic carbocycles. The first-order valence-corrected chi connectivity index (χ1v) is 10.1. The Bertz CT molecular complexity index is 890. The van der Waals surface area contributed by atoms with E-state index in [1.807, 2.05) is 53.6 Å². The molecule has 2 aromatic carbocycles. The van der Waals surface area contributed by atoms with Crippen molar-refractivity contribution in [3.63, 3.8) is 0 Å². The van der Waals surface area contributed by atoms with E-state index in [1.54, 1.807) is 12.1 Å². The zero-order chi connectivity index (χ0) is 20.5. The van der Waals surface area contributed by atoms with Gasteiger partial charge in [-0.15, -0.1) is 0 Å². The summed E-state index contributed by atoms with van der Waals surface area (Å²) >= 11 is 0. The lowest BCUT2D eigenvalue weighted by molar-refractivity contribution is 0.191. The second-order valence-corrected chi connectivity index (χ2v) is 7.18. The van der Waals surface area contributed by atoms with Crippen molar-refractivity contribution in [3.05, 3.63) is 95.6 Å². The summed E-state index contributed by atoms with van der Waals surface area (Å²) in [4.78, 5) is 14.7. The van der Waals surface area contributed by atoms with E-state index < -0.39 is 0 Å². The third-order valence-corrected chi connectivity index (χ3v) is 4.85. The van der Waals surface area contributed by atoms with Crippen LogP contribution in [0.5, 0.6) is 0 Å². The number of unbranched alkanes of at least 4 members (excludes halogenated alkanes) is 1. The zero-order valence-corrected chi connectivity index (χ0v) is 16.9. The van der Waals surface area contributed by atoms with Gasteiger partial charge in [0.1, 0.15) is 5.82 Å². The number of urea groups is 1. The van der Waals surface area contributed by atoms with Gasteiger partial charge in [0, 0.05) is 31.5 Å². The summed E-state index contributed by atoms with van der Waals surface area (Å²) in [6.45, 7) is 4.47. The number of amides is 2. The largest absolute Gasteiger partial charge is 0.345 e. The molecule has 29 heavy (non-hydrogen) atoms. The number of carbonyl (C=O) groups excluding carboxylic acids is 1. The van der Waals surface area contributed by atoms with Gasteiger partial charge in [-0.3, -0.25) is 0 Å². The Balaban J connectivity index is 1.73. The van der Waals surface area contributed by atoms with Crippen LogP contribution in [-0.2, 0) is 19.6 Å². The van der Waals surface area contributed by atoms with Crippen LogP contribution in [0, 0.1) is 5.82 Å². The highest BCUT2D eigenvalue weighted by Gasteiger charge is 2.16. The van der Waals surface area contributed by atoms with Gasteiger partial charge in [0.2, 0.25) is 0 Å². The Morgan fingerprint density at radius 2 is 1.72 bits per heavy atom. The molecule has 1 N–H and O–H groups in total. The molecule has 0 fully saturated rings. The van der Waals surface area contributed by atoms with Crippen LogP contribution in [0.3, 0.4) is 0 Å². The Morgan fingerprint density at radius 1 is 0.966 bits per heavy atom. The first kappa shape index (κ1) is 20.6. The second kappa shape index (κ2) is 10.5. The molecular formula is C24H28FN3O. The summed E-state index contributed by atoms with van der Waals surface area (Å²) in [6, 6.07) is 20.5. The van der Waals surface area contributed by atoms with Gasteiger partial charge in [0.05, 0.1) is 6.54 Å². The van der Waals surface area contributed by atoms with Gasteiger partial charge in [0.25, 0.3) is 0 Å². The van der Waals surface area contributed by atoms with Crippen LogP contribution in [0.1, 0.15) is 36.6 Å². The van der Waals surface area contributed by atoms with Crippen LogP contribution >= 0.6 is 0 Å². The number of hydrogen-bond acceptors (Lipinski definition) is 1. The van der Waals surface area contributed by atoms with E-state index in [0.717, 1.165) is 29.7 Å². The van der Waals surface area contributed by atoms with Crippen LogP contribution in [-0.4, -0.2) is 22.0 Å². The second-order valence-electron chi connectivity index (χ2n) is 7.18. The van der Waals surface area contributed by atoms with E-state index in [1.165, 1.54) is 12.1 Å². The van der Waals surface area contributed by atoms with E-state index in [-0.39, 0.29) is 11.8 Å². The molecule has 0 spiro atoms. The molecule has 5 heteroatoms. The smallest absolute Gasteiger partial charge is 0.318 e. The molecule has 4 nitrogen and oxygen atoms in total. The number of aromatic nitrogens is 1. The summed E-state index contributed by atoms with van der Waals surface area (Å²) in [5.41, 5.74) is 3.15. The molecule has 0 radical (unpaired) electrons. The van der Waals surface area contributed by atoms with E-state index in [9.17, 15) is 9.18 Å². The van der Waals surface area contributed by atoms with Crippen LogP contribution < -0.4 is 5.32 Å². The van der Waals surface area contributed by atoms with E-state index in [0.29, 0.717) is 26.2 Å². The Hall–Kier alpha value is -3.08. The number of rotatable bonds is 9. The predicted molar refractivity (Wildman–Crippen MR) is 114 cm³/mol. The van der Waals surface area contributed by atoms with E-state index in [2.05, 4.69) is 16.8 Å². The first-order valence-electron chi connectivity index (χ1n) is 10.1. The van der Waals surface area contributed by atoms with Gasteiger partial charge in [-0.1, -0.05) is 55.8 Å². The number of hydrogen-bond donors (Lipinski definition) is 1. The number of halogens is 1. The molecule has 2 amide bonds. The number of carbonyl (C=O) groups is 1. The fraction of sp³-hybridized carbons (Fsp3) is 0.292. The standard InChI is InChI=1S/C24H28FN3O/c1-2-3-15-26-24(29)28(18-20-8-5-4-6-9-20)19-23-10-7-16-27(23)17-21-11-13-22(25)14-12-21/h4-14,16H,2-3,15,17-19H2,1H3,(H,26,29). The highest BCUT2D eigenvalue weighted by molar-refractivity contribution is 5.74. The lowest BCUT2D eigenvalue weighted by Crippen LogP contribution is -2.39. The Morgan fingerprint density at radius 3 is 2.45 bits per heavy atom. The number of nitrogens with one attached hydrogen (secondary N) is 1. The van der Waals surface area contributed by atoms with Crippen molar-refractivity contribution in [1.82, 2.24) is 14.8 Å². The number of benzene rings is 2. The van der Waals surface area contributed by atoms with Crippen molar-refractivity contribution < 1.29 is 9.18 Å². The van der Waals surface area contributed by atoms with Gasteiger partial charge in [0.15, 0.2) is 0 Å². The maximum absolute atomic E-state index is 13.2. The van der Waals surface area contributed by atoms with Crippen molar-refractivity contribution >= 4 is 6.03 Å². The highest BCUT2D eigenvalue weighted by Crippen LogP contribution is 2.14. The molecule has 0 saturated carbocycles. The summed E-state index contributed by atoms with van der Waals surface area (Å²) in [7, 11) is 0. The van der Waals surface area contributed by atoms with Crippen LogP contribution in [0.25, 0.3) is 0 Å². The Labute approximate surface area is 172 Å². The van der Waals surface area contributed by atoms with Gasteiger partial charge in [-0.2, -0.15) is 0 Å². The molecule has 0 unspecified atom stereocenters. The van der Waals surface area contributed by atoms with Crippen molar-refractivity contribution in [2.24, 2.45) is 0 Å². The normalized spacial score (nSPS) is 10.7. The minimum Gasteiger partial charge on any atom is -0.345 e. The molecule has 3 rings (SSSR count). The molecule has 1 heterocycles. The predicted octanol–water partition coefficient (Wildman–Crippen LogP) is 5.19. The van der Waals surface area contributed by atoms with Crippen LogP contribution in [0.4, 0.5) is 9.18 Å². The lowest BCUT2D eigenvalue weighted by atomic mass is 10.2. The fourth-order valence-corrected chi connectivity index (χ4v) is 3.22. The highest BCUT2D eigenvalue weighted by atomic mass is 19.1. The molecule has 0 aliphatic heterocycles. The monoisotopic (exact) mass is 393 g/mol. The zero-order valence-electron chi connectivity index (χ0n) is 16.9. The molecule has 1 aromatic heterocycles. The van der Waals surface area contributed by atoms with Crippen molar-refractivity contribution in [1.29, 1.82) is 0 Å². The molecule has 0 atom stereocenters.